The summed E-state index contributed by atoms with van der Waals surface area (Å²) in [6.07, 6.45) is 29.8. The van der Waals surface area contributed by atoms with Gasteiger partial charge in [-0.15, -0.1) is 0 Å². The average Bonchev–Trinajstić information content (AvgIpc) is 2.80. The highest BCUT2D eigenvalue weighted by atomic mass is 16.4. The summed E-state index contributed by atoms with van der Waals surface area (Å²) in [4.78, 5) is 12.0. The summed E-state index contributed by atoms with van der Waals surface area (Å²) in [7, 11) is 0. The molecule has 0 aromatic carbocycles. The topological polar surface area (TPSA) is 72.3 Å². The minimum atomic E-state index is -0.668. The van der Waals surface area contributed by atoms with E-state index in [9.17, 15) is 9.90 Å². The summed E-state index contributed by atoms with van der Waals surface area (Å²) in [6, 6.07) is 0. The molecule has 0 atom stereocenters. The zero-order chi connectivity index (χ0) is 24.6. The van der Waals surface area contributed by atoms with Gasteiger partial charge in [-0.05, 0) is 32.1 Å². The third-order valence-corrected chi connectivity index (χ3v) is 7.44. The molecule has 0 saturated carbocycles. The molecule has 204 valence electrons. The van der Waals surface area contributed by atoms with E-state index in [1.807, 2.05) is 6.92 Å². The Morgan fingerprint density at radius 1 is 0.559 bits per heavy atom. The minimum absolute atomic E-state index is 0. The fourth-order valence-electron chi connectivity index (χ4n) is 5.09. The Hall–Kier alpha value is -0.830. The summed E-state index contributed by atoms with van der Waals surface area (Å²) in [5, 5.41) is 9.91. The Kier molecular flexibility index (Phi) is 27.8. The average molecular weight is 482 g/mol. The van der Waals surface area contributed by atoms with Crippen LogP contribution in [0.5, 0.6) is 0 Å². The van der Waals surface area contributed by atoms with Gasteiger partial charge in [0.1, 0.15) is 0 Å². The van der Waals surface area contributed by atoms with E-state index < -0.39 is 5.97 Å². The molecule has 0 saturated heterocycles. The second-order valence-electron chi connectivity index (χ2n) is 10.5. The van der Waals surface area contributed by atoms with Gasteiger partial charge in [-0.3, -0.25) is 0 Å². The van der Waals surface area contributed by atoms with E-state index in [0.717, 1.165) is 30.4 Å². The van der Waals surface area contributed by atoms with E-state index in [2.05, 4.69) is 20.8 Å². The van der Waals surface area contributed by atoms with Crippen LogP contribution in [-0.2, 0) is 4.79 Å². The van der Waals surface area contributed by atoms with Crippen LogP contribution in [-0.4, -0.2) is 11.1 Å². The van der Waals surface area contributed by atoms with Crippen molar-refractivity contribution in [3.8, 4) is 0 Å². The third kappa shape index (κ3) is 20.5. The predicted octanol–water partition coefficient (Wildman–Crippen LogP) is 11.2. The quantitative estimate of drug-likeness (QED) is 0.100. The molecule has 3 nitrogen and oxygen atoms in total. The Morgan fingerprint density at radius 2 is 0.853 bits per heavy atom. The summed E-state index contributed by atoms with van der Waals surface area (Å²) in [6.45, 7) is 8.68. The molecule has 0 unspecified atom stereocenters. The van der Waals surface area contributed by atoms with Crippen LogP contribution < -0.4 is 6.15 Å². The van der Waals surface area contributed by atoms with Gasteiger partial charge in [-0.2, -0.15) is 0 Å². The van der Waals surface area contributed by atoms with Crippen LogP contribution in [0.15, 0.2) is 11.1 Å². The Bertz CT molecular complexity index is 448. The molecule has 0 aromatic heterocycles. The highest BCUT2D eigenvalue weighted by Crippen LogP contribution is 2.29. The molecule has 0 radical (unpaired) electrons. The normalized spacial score (nSPS) is 12.0. The van der Waals surface area contributed by atoms with Crippen LogP contribution in [0.1, 0.15) is 175 Å². The SMILES string of the molecule is CCCCCCCCCCCCC(CCCCCCCCCCCC)C(C(=O)O)=C(C)CC.N. The molecular formula is C31H63NO2. The van der Waals surface area contributed by atoms with Gasteiger partial charge in [0, 0.05) is 5.57 Å². The molecule has 0 rings (SSSR count). The number of aliphatic carboxylic acids is 1. The maximum Gasteiger partial charge on any atom is 0.331 e. The van der Waals surface area contributed by atoms with Crippen molar-refractivity contribution in [1.82, 2.24) is 6.15 Å². The van der Waals surface area contributed by atoms with Gasteiger partial charge < -0.3 is 11.3 Å². The highest BCUT2D eigenvalue weighted by molar-refractivity contribution is 5.88. The first-order valence-corrected chi connectivity index (χ1v) is 15.0. The number of unbranched alkanes of at least 4 members (excludes halogenated alkanes) is 18. The number of carboxylic acid groups (broad SMARTS) is 1. The lowest BCUT2D eigenvalue weighted by molar-refractivity contribution is -0.133. The number of rotatable bonds is 25. The minimum Gasteiger partial charge on any atom is -0.478 e. The molecule has 0 aliphatic carbocycles. The molecule has 0 spiro atoms. The number of hydrogen-bond acceptors (Lipinski definition) is 2. The van der Waals surface area contributed by atoms with E-state index in [-0.39, 0.29) is 12.1 Å². The molecule has 0 aliphatic heterocycles. The lowest BCUT2D eigenvalue weighted by Crippen LogP contribution is -2.15. The van der Waals surface area contributed by atoms with Crippen molar-refractivity contribution >= 4 is 5.97 Å². The molecule has 0 aromatic rings. The molecule has 0 aliphatic rings. The van der Waals surface area contributed by atoms with Gasteiger partial charge in [0.05, 0.1) is 0 Å². The van der Waals surface area contributed by atoms with Gasteiger partial charge in [0.15, 0.2) is 0 Å². The number of carboxylic acids is 1. The lowest BCUT2D eigenvalue weighted by atomic mass is 9.85. The molecule has 3 heteroatoms. The van der Waals surface area contributed by atoms with Crippen molar-refractivity contribution in [1.29, 1.82) is 0 Å². The van der Waals surface area contributed by atoms with Crippen LogP contribution in [0.2, 0.25) is 0 Å². The number of carbonyl (C=O) groups is 1. The van der Waals surface area contributed by atoms with Crippen LogP contribution in [0.25, 0.3) is 0 Å². The van der Waals surface area contributed by atoms with E-state index in [1.54, 1.807) is 0 Å². The maximum absolute atomic E-state index is 12.0. The van der Waals surface area contributed by atoms with Gasteiger partial charge in [0.25, 0.3) is 0 Å². The molecule has 4 N–H and O–H groups in total. The number of allylic oxidation sites excluding steroid dienone is 1. The standard InChI is InChI=1S/C31H60O2.H3N/c1-5-8-10-12-14-16-18-20-22-24-26-29(30(31(32)33)28(4)7-3)27-25-23-21-19-17-15-13-11-9-6-2;/h29H,5-27H2,1-4H3,(H,32,33);1H3. The molecule has 0 bridgehead atoms. The van der Waals surface area contributed by atoms with Crippen LogP contribution in [0, 0.1) is 5.92 Å². The van der Waals surface area contributed by atoms with Crippen molar-refractivity contribution in [3.63, 3.8) is 0 Å². The van der Waals surface area contributed by atoms with Gasteiger partial charge in [-0.1, -0.05) is 155 Å². The number of hydrogen-bond donors (Lipinski definition) is 2. The van der Waals surface area contributed by atoms with Crippen molar-refractivity contribution in [2.75, 3.05) is 0 Å². The van der Waals surface area contributed by atoms with Gasteiger partial charge >= 0.3 is 5.97 Å². The molecule has 0 heterocycles. The highest BCUT2D eigenvalue weighted by Gasteiger charge is 2.22. The zero-order valence-corrected chi connectivity index (χ0v) is 23.9. The maximum atomic E-state index is 12.0. The second-order valence-corrected chi connectivity index (χ2v) is 10.5. The van der Waals surface area contributed by atoms with Crippen LogP contribution in [0.3, 0.4) is 0 Å². The Morgan fingerprint density at radius 3 is 1.12 bits per heavy atom. The van der Waals surface area contributed by atoms with Gasteiger partial charge in [0.2, 0.25) is 0 Å². The molecule has 34 heavy (non-hydrogen) atoms. The molecular weight excluding hydrogens is 418 g/mol. The first-order valence-electron chi connectivity index (χ1n) is 15.0. The third-order valence-electron chi connectivity index (χ3n) is 7.44. The summed E-state index contributed by atoms with van der Waals surface area (Å²) in [5.74, 6) is -0.413. The molecule has 0 fully saturated rings. The lowest BCUT2D eigenvalue weighted by Gasteiger charge is -2.20. The summed E-state index contributed by atoms with van der Waals surface area (Å²) < 4.78 is 0. The van der Waals surface area contributed by atoms with Crippen LogP contribution in [0.4, 0.5) is 0 Å². The first-order chi connectivity index (χ1) is 16.1. The first kappa shape index (κ1) is 35.3. The van der Waals surface area contributed by atoms with Crippen molar-refractivity contribution in [2.45, 2.75) is 175 Å². The fraction of sp³-hybridized carbons (Fsp3) is 0.903. The Balaban J connectivity index is 0. The fourth-order valence-corrected chi connectivity index (χ4v) is 5.09. The van der Waals surface area contributed by atoms with Crippen molar-refractivity contribution < 1.29 is 9.90 Å². The van der Waals surface area contributed by atoms with Crippen LogP contribution >= 0.6 is 0 Å². The van der Waals surface area contributed by atoms with Gasteiger partial charge in [-0.25, -0.2) is 4.79 Å². The van der Waals surface area contributed by atoms with E-state index in [1.165, 1.54) is 128 Å². The largest absolute Gasteiger partial charge is 0.478 e. The summed E-state index contributed by atoms with van der Waals surface area (Å²) in [5.41, 5.74) is 1.83. The van der Waals surface area contributed by atoms with E-state index in [4.69, 9.17) is 0 Å². The predicted molar refractivity (Wildman–Crippen MR) is 152 cm³/mol. The smallest absolute Gasteiger partial charge is 0.331 e. The van der Waals surface area contributed by atoms with E-state index >= 15 is 0 Å². The second kappa shape index (κ2) is 26.8. The molecule has 0 amide bonds. The van der Waals surface area contributed by atoms with Crippen molar-refractivity contribution in [2.24, 2.45) is 5.92 Å². The Labute approximate surface area is 214 Å². The summed E-state index contributed by atoms with van der Waals surface area (Å²) >= 11 is 0. The van der Waals surface area contributed by atoms with E-state index in [0.29, 0.717) is 0 Å². The monoisotopic (exact) mass is 481 g/mol. The zero-order valence-electron chi connectivity index (χ0n) is 23.9. The van der Waals surface area contributed by atoms with Crippen molar-refractivity contribution in [3.05, 3.63) is 11.1 Å².